The van der Waals surface area contributed by atoms with E-state index in [0.717, 1.165) is 12.1 Å². The fraction of sp³-hybridized carbons (Fsp3) is 0.182. The van der Waals surface area contributed by atoms with Gasteiger partial charge in [-0.2, -0.15) is 13.2 Å². The van der Waals surface area contributed by atoms with Gasteiger partial charge in [-0.15, -0.1) is 0 Å². The van der Waals surface area contributed by atoms with Crippen molar-refractivity contribution in [3.05, 3.63) is 41.5 Å². The Kier molecular flexibility index (Phi) is 3.29. The lowest BCUT2D eigenvalue weighted by Gasteiger charge is -2.05. The van der Waals surface area contributed by atoms with Gasteiger partial charge in [0.1, 0.15) is 0 Å². The topological polar surface area (TPSA) is 17.1 Å². The average molecular weight is 214 g/mol. The van der Waals surface area contributed by atoms with Crippen LogP contribution in [0.3, 0.4) is 0 Å². The molecule has 15 heavy (non-hydrogen) atoms. The molecule has 0 aliphatic heterocycles. The molecule has 0 N–H and O–H groups in total. The largest absolute Gasteiger partial charge is 0.416 e. The van der Waals surface area contributed by atoms with Gasteiger partial charge in [0.05, 0.1) is 5.56 Å². The van der Waals surface area contributed by atoms with Crippen molar-refractivity contribution in [1.29, 1.82) is 0 Å². The van der Waals surface area contributed by atoms with E-state index in [1.165, 1.54) is 31.2 Å². The SMILES string of the molecule is CC(=O)/C=C\c1ccc(C(F)(F)F)cc1. The third-order valence-electron chi connectivity index (χ3n) is 1.75. The van der Waals surface area contributed by atoms with E-state index in [-0.39, 0.29) is 5.78 Å². The van der Waals surface area contributed by atoms with Crippen LogP contribution in [-0.2, 0) is 11.0 Å². The van der Waals surface area contributed by atoms with Crippen LogP contribution in [0.4, 0.5) is 13.2 Å². The van der Waals surface area contributed by atoms with Gasteiger partial charge < -0.3 is 0 Å². The smallest absolute Gasteiger partial charge is 0.295 e. The summed E-state index contributed by atoms with van der Waals surface area (Å²) in [5.74, 6) is -0.144. The molecule has 0 unspecified atom stereocenters. The van der Waals surface area contributed by atoms with Crippen LogP contribution in [-0.4, -0.2) is 5.78 Å². The number of ketones is 1. The molecule has 0 heterocycles. The fourth-order valence-corrected chi connectivity index (χ4v) is 0.997. The highest BCUT2D eigenvalue weighted by Crippen LogP contribution is 2.29. The Balaban J connectivity index is 2.86. The van der Waals surface area contributed by atoms with Gasteiger partial charge in [-0.1, -0.05) is 18.2 Å². The van der Waals surface area contributed by atoms with Crippen molar-refractivity contribution in [1.82, 2.24) is 0 Å². The second-order valence-electron chi connectivity index (χ2n) is 3.06. The molecule has 0 saturated heterocycles. The molecule has 0 bridgehead atoms. The van der Waals surface area contributed by atoms with E-state index < -0.39 is 11.7 Å². The Bertz CT molecular complexity index is 374. The number of hydrogen-bond acceptors (Lipinski definition) is 1. The van der Waals surface area contributed by atoms with Crippen LogP contribution in [0.15, 0.2) is 30.3 Å². The average Bonchev–Trinajstić information content (AvgIpc) is 2.14. The number of allylic oxidation sites excluding steroid dienone is 1. The number of alkyl halides is 3. The normalized spacial score (nSPS) is 12.0. The van der Waals surface area contributed by atoms with Gasteiger partial charge in [-0.25, -0.2) is 0 Å². The molecule has 1 aromatic carbocycles. The van der Waals surface area contributed by atoms with E-state index in [2.05, 4.69) is 0 Å². The number of benzene rings is 1. The molecule has 0 aliphatic rings. The highest BCUT2D eigenvalue weighted by atomic mass is 19.4. The molecule has 1 nitrogen and oxygen atoms in total. The summed E-state index contributed by atoms with van der Waals surface area (Å²) in [6.45, 7) is 1.38. The zero-order valence-electron chi connectivity index (χ0n) is 8.01. The van der Waals surface area contributed by atoms with Crippen molar-refractivity contribution in [3.63, 3.8) is 0 Å². The predicted molar refractivity (Wildman–Crippen MR) is 51.2 cm³/mol. The Morgan fingerprint density at radius 1 is 1.20 bits per heavy atom. The van der Waals surface area contributed by atoms with Crippen LogP contribution in [0.25, 0.3) is 6.08 Å². The standard InChI is InChI=1S/C11H9F3O/c1-8(15)2-3-9-4-6-10(7-5-9)11(12,13)14/h2-7H,1H3/b3-2-. The van der Waals surface area contributed by atoms with Crippen LogP contribution in [0.2, 0.25) is 0 Å². The lowest BCUT2D eigenvalue weighted by Crippen LogP contribution is -2.03. The molecule has 0 spiro atoms. The molecule has 80 valence electrons. The van der Waals surface area contributed by atoms with Crippen molar-refractivity contribution in [3.8, 4) is 0 Å². The van der Waals surface area contributed by atoms with Crippen LogP contribution in [0.1, 0.15) is 18.1 Å². The summed E-state index contributed by atoms with van der Waals surface area (Å²) in [4.78, 5) is 10.6. The van der Waals surface area contributed by atoms with Crippen molar-refractivity contribution >= 4 is 11.9 Å². The molecule has 0 saturated carbocycles. The molecule has 0 radical (unpaired) electrons. The van der Waals surface area contributed by atoms with Gasteiger partial charge in [0.15, 0.2) is 5.78 Å². The van der Waals surface area contributed by atoms with Crippen LogP contribution >= 0.6 is 0 Å². The first-order valence-corrected chi connectivity index (χ1v) is 4.25. The molecule has 0 aromatic heterocycles. The highest BCUT2D eigenvalue weighted by molar-refractivity contribution is 5.91. The van der Waals surface area contributed by atoms with Gasteiger partial charge in [0.25, 0.3) is 0 Å². The lowest BCUT2D eigenvalue weighted by atomic mass is 10.1. The van der Waals surface area contributed by atoms with Gasteiger partial charge >= 0.3 is 6.18 Å². The van der Waals surface area contributed by atoms with Crippen molar-refractivity contribution in [2.75, 3.05) is 0 Å². The number of rotatable bonds is 2. The summed E-state index contributed by atoms with van der Waals surface area (Å²) < 4.78 is 36.5. The summed E-state index contributed by atoms with van der Waals surface area (Å²) in [7, 11) is 0. The lowest BCUT2D eigenvalue weighted by molar-refractivity contribution is -0.137. The first-order valence-electron chi connectivity index (χ1n) is 4.25. The molecular weight excluding hydrogens is 205 g/mol. The minimum atomic E-state index is -4.32. The van der Waals surface area contributed by atoms with E-state index in [1.807, 2.05) is 0 Å². The van der Waals surface area contributed by atoms with E-state index in [1.54, 1.807) is 0 Å². The fourth-order valence-electron chi connectivity index (χ4n) is 0.997. The molecular formula is C11H9F3O. The van der Waals surface area contributed by atoms with E-state index in [4.69, 9.17) is 0 Å². The summed E-state index contributed by atoms with van der Waals surface area (Å²) in [6.07, 6.45) is -1.53. The van der Waals surface area contributed by atoms with Crippen molar-refractivity contribution < 1.29 is 18.0 Å². The predicted octanol–water partition coefficient (Wildman–Crippen LogP) is 3.31. The number of hydrogen-bond donors (Lipinski definition) is 0. The molecule has 0 fully saturated rings. The first-order chi connectivity index (χ1) is 6.89. The number of halogens is 3. The summed E-state index contributed by atoms with van der Waals surface area (Å²) >= 11 is 0. The maximum atomic E-state index is 12.2. The van der Waals surface area contributed by atoms with Crippen LogP contribution < -0.4 is 0 Å². The van der Waals surface area contributed by atoms with E-state index in [9.17, 15) is 18.0 Å². The summed E-state index contributed by atoms with van der Waals surface area (Å²) in [5.41, 5.74) is -0.124. The van der Waals surface area contributed by atoms with Gasteiger partial charge in [-0.05, 0) is 30.7 Å². The monoisotopic (exact) mass is 214 g/mol. The molecule has 4 heteroatoms. The Hall–Kier alpha value is -1.58. The Morgan fingerprint density at radius 3 is 2.13 bits per heavy atom. The zero-order chi connectivity index (χ0) is 11.5. The maximum Gasteiger partial charge on any atom is 0.416 e. The quantitative estimate of drug-likeness (QED) is 0.690. The second-order valence-corrected chi connectivity index (χ2v) is 3.06. The van der Waals surface area contributed by atoms with Crippen LogP contribution in [0, 0.1) is 0 Å². The minimum Gasteiger partial charge on any atom is -0.295 e. The molecule has 1 aromatic rings. The van der Waals surface area contributed by atoms with Gasteiger partial charge in [0, 0.05) is 0 Å². The third-order valence-corrected chi connectivity index (χ3v) is 1.75. The van der Waals surface area contributed by atoms with E-state index in [0.29, 0.717) is 5.56 Å². The van der Waals surface area contributed by atoms with Gasteiger partial charge in [-0.3, -0.25) is 4.79 Å². The number of carbonyl (C=O) groups is 1. The van der Waals surface area contributed by atoms with Crippen LogP contribution in [0.5, 0.6) is 0 Å². The molecule has 0 atom stereocenters. The van der Waals surface area contributed by atoms with E-state index >= 15 is 0 Å². The maximum absolute atomic E-state index is 12.2. The summed E-state index contributed by atoms with van der Waals surface area (Å²) in [6, 6.07) is 4.62. The Morgan fingerprint density at radius 2 is 1.73 bits per heavy atom. The molecule has 1 rings (SSSR count). The highest BCUT2D eigenvalue weighted by Gasteiger charge is 2.29. The Labute approximate surface area is 85.2 Å². The minimum absolute atomic E-state index is 0.144. The second kappa shape index (κ2) is 4.29. The summed E-state index contributed by atoms with van der Waals surface area (Å²) in [5, 5.41) is 0. The van der Waals surface area contributed by atoms with Crippen molar-refractivity contribution in [2.45, 2.75) is 13.1 Å². The molecule has 0 aliphatic carbocycles. The zero-order valence-corrected chi connectivity index (χ0v) is 8.01. The van der Waals surface area contributed by atoms with Gasteiger partial charge in [0.2, 0.25) is 0 Å². The van der Waals surface area contributed by atoms with Crippen molar-refractivity contribution in [2.24, 2.45) is 0 Å². The first kappa shape index (κ1) is 11.5. The molecule has 0 amide bonds. The third kappa shape index (κ3) is 3.58. The number of carbonyl (C=O) groups excluding carboxylic acids is 1.